The van der Waals surface area contributed by atoms with Crippen molar-refractivity contribution in [3.05, 3.63) is 18.2 Å². The number of carbonyl (C=O) groups excluding carboxylic acids is 1. The summed E-state index contributed by atoms with van der Waals surface area (Å²) in [6.45, 7) is 1.45. The second kappa shape index (κ2) is 4.07. The van der Waals surface area contributed by atoms with Gasteiger partial charge in [-0.3, -0.25) is 9.36 Å². The molecule has 0 aliphatic carbocycles. The molecule has 5 nitrogen and oxygen atoms in total. The molecule has 0 spiro atoms. The van der Waals surface area contributed by atoms with Crippen LogP contribution in [0, 0.1) is 0 Å². The van der Waals surface area contributed by atoms with E-state index in [1.807, 2.05) is 0 Å². The Balaban J connectivity index is 2.79. The number of hydrogen-bond acceptors (Lipinski definition) is 4. The van der Waals surface area contributed by atoms with Crippen LogP contribution < -0.4 is 0 Å². The Morgan fingerprint density at radius 3 is 2.79 bits per heavy atom. The van der Waals surface area contributed by atoms with Gasteiger partial charge in [-0.2, -0.15) is 0 Å². The molecule has 1 rings (SSSR count). The highest BCUT2D eigenvalue weighted by Crippen LogP contribution is 2.41. The Morgan fingerprint density at radius 2 is 2.36 bits per heavy atom. The van der Waals surface area contributed by atoms with E-state index < -0.39 is 7.37 Å². The molecule has 0 aromatic carbocycles. The van der Waals surface area contributed by atoms with E-state index in [0.29, 0.717) is 5.69 Å². The first-order valence-corrected chi connectivity index (χ1v) is 6.34. The second-order valence-corrected chi connectivity index (χ2v) is 5.88. The van der Waals surface area contributed by atoms with Crippen molar-refractivity contribution in [2.75, 3.05) is 19.9 Å². The highest BCUT2D eigenvalue weighted by Gasteiger charge is 2.21. The quantitative estimate of drug-likeness (QED) is 0.559. The first kappa shape index (κ1) is 11.1. The fraction of sp³-hybridized carbons (Fsp3) is 0.500. The van der Waals surface area contributed by atoms with Gasteiger partial charge in [0.1, 0.15) is 5.69 Å². The summed E-state index contributed by atoms with van der Waals surface area (Å²) in [5.74, 6) is -0.210. The van der Waals surface area contributed by atoms with Crippen molar-refractivity contribution in [1.82, 2.24) is 9.55 Å². The Morgan fingerprint density at radius 1 is 1.71 bits per heavy atom. The molecule has 0 radical (unpaired) electrons. The number of aryl methyl sites for hydroxylation is 1. The predicted molar refractivity (Wildman–Crippen MR) is 52.9 cm³/mol. The van der Waals surface area contributed by atoms with Crippen LogP contribution in [0.15, 0.2) is 12.5 Å². The van der Waals surface area contributed by atoms with Gasteiger partial charge in [0.25, 0.3) is 0 Å². The molecule has 1 aromatic rings. The van der Waals surface area contributed by atoms with E-state index in [0.717, 1.165) is 0 Å². The molecule has 0 amide bonds. The van der Waals surface area contributed by atoms with Crippen molar-refractivity contribution in [2.45, 2.75) is 0 Å². The van der Waals surface area contributed by atoms with Gasteiger partial charge in [0.2, 0.25) is 7.37 Å². The van der Waals surface area contributed by atoms with Crippen LogP contribution in [-0.4, -0.2) is 35.3 Å². The molecule has 78 valence electrons. The third-order valence-corrected chi connectivity index (χ3v) is 3.55. The molecule has 6 heteroatoms. The van der Waals surface area contributed by atoms with Gasteiger partial charge in [-0.1, -0.05) is 0 Å². The van der Waals surface area contributed by atoms with Crippen LogP contribution in [0.4, 0.5) is 0 Å². The minimum atomic E-state index is -2.78. The van der Waals surface area contributed by atoms with Crippen molar-refractivity contribution in [2.24, 2.45) is 7.05 Å². The smallest absolute Gasteiger partial charge is 0.207 e. The van der Waals surface area contributed by atoms with E-state index in [9.17, 15) is 9.36 Å². The second-order valence-electron chi connectivity index (χ2n) is 3.17. The van der Waals surface area contributed by atoms with E-state index in [2.05, 4.69) is 4.98 Å². The summed E-state index contributed by atoms with van der Waals surface area (Å²) in [7, 11) is 0.279. The number of imidazole rings is 1. The number of aromatic nitrogens is 2. The molecule has 0 saturated carbocycles. The van der Waals surface area contributed by atoms with Crippen molar-refractivity contribution < 1.29 is 13.9 Å². The Bertz CT molecular complexity index is 386. The Labute approximate surface area is 82.5 Å². The summed E-state index contributed by atoms with van der Waals surface area (Å²) in [6, 6.07) is 0. The van der Waals surface area contributed by atoms with Gasteiger partial charge in [-0.15, -0.1) is 0 Å². The zero-order valence-electron chi connectivity index (χ0n) is 8.43. The van der Waals surface area contributed by atoms with Crippen LogP contribution in [0.1, 0.15) is 10.5 Å². The van der Waals surface area contributed by atoms with Gasteiger partial charge in [0.15, 0.2) is 5.78 Å². The molecular weight excluding hydrogens is 203 g/mol. The van der Waals surface area contributed by atoms with Gasteiger partial charge < -0.3 is 9.09 Å². The zero-order valence-corrected chi connectivity index (χ0v) is 9.32. The predicted octanol–water partition coefficient (Wildman–Crippen LogP) is 1.16. The number of carbonyl (C=O) groups is 1. The molecule has 1 heterocycles. The van der Waals surface area contributed by atoms with Crippen LogP contribution in [0.3, 0.4) is 0 Å². The first-order valence-electron chi connectivity index (χ1n) is 4.08. The molecule has 0 fully saturated rings. The van der Waals surface area contributed by atoms with Crippen LogP contribution in [0.25, 0.3) is 0 Å². The van der Waals surface area contributed by atoms with Crippen molar-refractivity contribution in [1.29, 1.82) is 0 Å². The van der Waals surface area contributed by atoms with Gasteiger partial charge >= 0.3 is 0 Å². The lowest BCUT2D eigenvalue weighted by Crippen LogP contribution is -2.10. The lowest BCUT2D eigenvalue weighted by atomic mass is 10.3. The van der Waals surface area contributed by atoms with E-state index in [1.165, 1.54) is 26.3 Å². The molecule has 14 heavy (non-hydrogen) atoms. The highest BCUT2D eigenvalue weighted by molar-refractivity contribution is 7.59. The lowest BCUT2D eigenvalue weighted by Gasteiger charge is -2.09. The Kier molecular flexibility index (Phi) is 3.24. The number of ketones is 1. The summed E-state index contributed by atoms with van der Waals surface area (Å²) in [6.07, 6.45) is 2.90. The summed E-state index contributed by atoms with van der Waals surface area (Å²) < 4.78 is 17.9. The maximum absolute atomic E-state index is 11.6. The molecule has 1 unspecified atom stereocenters. The summed E-state index contributed by atoms with van der Waals surface area (Å²) in [4.78, 5) is 15.4. The van der Waals surface area contributed by atoms with Gasteiger partial charge in [0.05, 0.1) is 18.7 Å². The normalized spacial score (nSPS) is 15.1. The van der Waals surface area contributed by atoms with Gasteiger partial charge in [-0.05, 0) is 0 Å². The molecule has 0 aliphatic heterocycles. The molecule has 1 atom stereocenters. The van der Waals surface area contributed by atoms with Crippen LogP contribution >= 0.6 is 7.37 Å². The fourth-order valence-electron chi connectivity index (χ4n) is 1.03. The SMILES string of the molecule is COP(C)(=O)CC(=O)c1cncn1C. The van der Waals surface area contributed by atoms with Crippen molar-refractivity contribution in [3.63, 3.8) is 0 Å². The van der Waals surface area contributed by atoms with Crippen LogP contribution in [-0.2, 0) is 16.1 Å². The van der Waals surface area contributed by atoms with Crippen LogP contribution in [0.2, 0.25) is 0 Å². The summed E-state index contributed by atoms with van der Waals surface area (Å²) >= 11 is 0. The molecule has 0 saturated heterocycles. The van der Waals surface area contributed by atoms with Gasteiger partial charge in [-0.25, -0.2) is 4.98 Å². The van der Waals surface area contributed by atoms with E-state index in [1.54, 1.807) is 11.6 Å². The topological polar surface area (TPSA) is 61.2 Å². The average Bonchev–Trinajstić information content (AvgIpc) is 2.51. The maximum Gasteiger partial charge on any atom is 0.207 e. The molecule has 0 aliphatic rings. The summed E-state index contributed by atoms with van der Waals surface area (Å²) in [5.41, 5.74) is 0.448. The van der Waals surface area contributed by atoms with Gasteiger partial charge in [0, 0.05) is 20.8 Å². The average molecular weight is 216 g/mol. The van der Waals surface area contributed by atoms with Crippen molar-refractivity contribution >= 4 is 13.2 Å². The van der Waals surface area contributed by atoms with E-state index >= 15 is 0 Å². The maximum atomic E-state index is 11.6. The molecule has 1 aromatic heterocycles. The monoisotopic (exact) mass is 216 g/mol. The summed E-state index contributed by atoms with van der Waals surface area (Å²) in [5, 5.41) is 0. The first-order chi connectivity index (χ1) is 6.46. The standard InChI is InChI=1S/C8H13N2O3P/c1-10-6-9-4-7(10)8(11)5-14(3,12)13-2/h4,6H,5H2,1-3H3. The van der Waals surface area contributed by atoms with Crippen molar-refractivity contribution in [3.8, 4) is 0 Å². The zero-order chi connectivity index (χ0) is 10.8. The third-order valence-electron chi connectivity index (χ3n) is 1.92. The lowest BCUT2D eigenvalue weighted by molar-refractivity contribution is 0.101. The molecular formula is C8H13N2O3P. The fourth-order valence-corrected chi connectivity index (χ4v) is 1.85. The number of hydrogen-bond donors (Lipinski definition) is 0. The number of rotatable bonds is 4. The highest BCUT2D eigenvalue weighted by atomic mass is 31.2. The molecule has 0 bridgehead atoms. The van der Waals surface area contributed by atoms with E-state index in [4.69, 9.17) is 4.52 Å². The van der Waals surface area contributed by atoms with Crippen LogP contribution in [0.5, 0.6) is 0 Å². The Hall–Kier alpha value is -0.930. The largest absolute Gasteiger partial charge is 0.332 e. The number of nitrogens with zero attached hydrogens (tertiary/aromatic N) is 2. The minimum Gasteiger partial charge on any atom is -0.332 e. The van der Waals surface area contributed by atoms with E-state index in [-0.39, 0.29) is 11.9 Å². The third kappa shape index (κ3) is 2.53. The number of Topliss-reactive ketones (excluding diaryl/α,β-unsaturated/α-hetero) is 1. The molecule has 0 N–H and O–H groups in total. The minimum absolute atomic E-state index is 0.0803.